The summed E-state index contributed by atoms with van der Waals surface area (Å²) in [6.07, 6.45) is 1.70. The summed E-state index contributed by atoms with van der Waals surface area (Å²) in [4.78, 5) is 17.7. The largest absolute Gasteiger partial charge is 0.496 e. The van der Waals surface area contributed by atoms with Crippen LogP contribution in [0, 0.1) is 6.92 Å². The van der Waals surface area contributed by atoms with E-state index >= 15 is 0 Å². The highest BCUT2D eigenvalue weighted by Gasteiger charge is 2.11. The maximum absolute atomic E-state index is 5.46. The summed E-state index contributed by atoms with van der Waals surface area (Å²) in [6.45, 7) is 1.92. The first kappa shape index (κ1) is 17.4. The molecular weight excluding hydrogens is 330 g/mol. The van der Waals surface area contributed by atoms with Crippen molar-refractivity contribution in [2.45, 2.75) is 6.92 Å². The molecule has 0 atom stereocenters. The van der Waals surface area contributed by atoms with Crippen LogP contribution in [0.15, 0.2) is 36.5 Å². The van der Waals surface area contributed by atoms with E-state index in [0.717, 1.165) is 28.6 Å². The molecule has 0 fully saturated rings. The zero-order chi connectivity index (χ0) is 18.5. The highest BCUT2D eigenvalue weighted by atomic mass is 16.5. The van der Waals surface area contributed by atoms with Gasteiger partial charge in [-0.2, -0.15) is 4.98 Å². The number of ether oxygens (including phenoxy) is 1. The Bertz CT molecular complexity index is 914. The van der Waals surface area contributed by atoms with E-state index in [1.165, 1.54) is 0 Å². The van der Waals surface area contributed by atoms with Gasteiger partial charge in [-0.3, -0.25) is 0 Å². The number of nitrogens with one attached hydrogen (secondary N) is 3. The third-order valence-electron chi connectivity index (χ3n) is 3.72. The lowest BCUT2D eigenvalue weighted by Gasteiger charge is -2.12. The van der Waals surface area contributed by atoms with Gasteiger partial charge in [-0.25, -0.2) is 15.0 Å². The van der Waals surface area contributed by atoms with Crippen LogP contribution in [0.2, 0.25) is 0 Å². The van der Waals surface area contributed by atoms with E-state index < -0.39 is 0 Å². The van der Waals surface area contributed by atoms with Crippen molar-refractivity contribution in [3.8, 4) is 17.1 Å². The van der Waals surface area contributed by atoms with Gasteiger partial charge in [0.25, 0.3) is 0 Å². The molecule has 2 aromatic heterocycles. The molecule has 3 aromatic rings. The summed E-state index contributed by atoms with van der Waals surface area (Å²) in [5, 5.41) is 9.26. The predicted molar refractivity (Wildman–Crippen MR) is 103 cm³/mol. The number of methoxy groups -OCH3 is 1. The summed E-state index contributed by atoms with van der Waals surface area (Å²) in [7, 11) is 5.26. The summed E-state index contributed by atoms with van der Waals surface area (Å²) in [5.74, 6) is 3.24. The summed E-state index contributed by atoms with van der Waals surface area (Å²) < 4.78 is 5.46. The number of benzene rings is 1. The lowest BCUT2D eigenvalue weighted by Crippen LogP contribution is -2.03. The van der Waals surface area contributed by atoms with Crippen molar-refractivity contribution >= 4 is 23.3 Å². The molecule has 0 aliphatic heterocycles. The van der Waals surface area contributed by atoms with E-state index in [1.54, 1.807) is 19.4 Å². The van der Waals surface area contributed by atoms with E-state index in [-0.39, 0.29) is 0 Å². The average molecular weight is 351 g/mol. The van der Waals surface area contributed by atoms with Crippen LogP contribution < -0.4 is 20.7 Å². The number of nitrogens with zero attached hydrogens (tertiary/aromatic N) is 4. The number of aryl methyl sites for hydroxylation is 1. The minimum absolute atomic E-state index is 0.510. The van der Waals surface area contributed by atoms with Crippen molar-refractivity contribution in [2.24, 2.45) is 0 Å². The van der Waals surface area contributed by atoms with Gasteiger partial charge in [-0.1, -0.05) is 0 Å². The van der Waals surface area contributed by atoms with Gasteiger partial charge in [0.2, 0.25) is 5.95 Å². The van der Waals surface area contributed by atoms with E-state index in [9.17, 15) is 0 Å². The van der Waals surface area contributed by atoms with Gasteiger partial charge in [0, 0.05) is 37.7 Å². The molecule has 134 valence electrons. The van der Waals surface area contributed by atoms with Gasteiger partial charge in [-0.15, -0.1) is 0 Å². The normalized spacial score (nSPS) is 10.3. The zero-order valence-corrected chi connectivity index (χ0v) is 15.2. The molecule has 26 heavy (non-hydrogen) atoms. The zero-order valence-electron chi connectivity index (χ0n) is 15.2. The van der Waals surface area contributed by atoms with Crippen molar-refractivity contribution in [2.75, 3.05) is 37.2 Å². The lowest BCUT2D eigenvalue weighted by molar-refractivity contribution is 0.416. The Morgan fingerprint density at radius 2 is 1.73 bits per heavy atom. The van der Waals surface area contributed by atoms with Crippen LogP contribution in [0.4, 0.5) is 23.3 Å². The van der Waals surface area contributed by atoms with Gasteiger partial charge in [0.1, 0.15) is 17.4 Å². The fraction of sp³-hybridized carbons (Fsp3) is 0.222. The fourth-order valence-corrected chi connectivity index (χ4v) is 2.47. The second kappa shape index (κ2) is 7.64. The Labute approximate surface area is 152 Å². The van der Waals surface area contributed by atoms with Crippen molar-refractivity contribution in [3.05, 3.63) is 42.2 Å². The molecule has 0 aliphatic rings. The minimum Gasteiger partial charge on any atom is -0.496 e. The second-order valence-corrected chi connectivity index (χ2v) is 5.52. The molecule has 0 bridgehead atoms. The smallest absolute Gasteiger partial charge is 0.229 e. The van der Waals surface area contributed by atoms with Crippen LogP contribution in [0.1, 0.15) is 5.69 Å². The summed E-state index contributed by atoms with van der Waals surface area (Å²) >= 11 is 0. The third kappa shape index (κ3) is 3.80. The van der Waals surface area contributed by atoms with Crippen molar-refractivity contribution < 1.29 is 4.74 Å². The molecular formula is C18H21N7O. The summed E-state index contributed by atoms with van der Waals surface area (Å²) in [5.41, 5.74) is 2.45. The first-order valence-corrected chi connectivity index (χ1v) is 8.12. The quantitative estimate of drug-likeness (QED) is 0.623. The van der Waals surface area contributed by atoms with Gasteiger partial charge in [0.15, 0.2) is 5.82 Å². The van der Waals surface area contributed by atoms with Crippen molar-refractivity contribution in [1.82, 2.24) is 19.9 Å². The van der Waals surface area contributed by atoms with Crippen LogP contribution >= 0.6 is 0 Å². The second-order valence-electron chi connectivity index (χ2n) is 5.52. The highest BCUT2D eigenvalue weighted by Crippen LogP contribution is 2.31. The molecule has 0 aliphatic carbocycles. The van der Waals surface area contributed by atoms with Crippen molar-refractivity contribution in [3.63, 3.8) is 0 Å². The molecule has 2 heterocycles. The van der Waals surface area contributed by atoms with Crippen molar-refractivity contribution in [1.29, 1.82) is 0 Å². The number of rotatable bonds is 6. The van der Waals surface area contributed by atoms with Gasteiger partial charge in [-0.05, 0) is 31.2 Å². The van der Waals surface area contributed by atoms with E-state index in [0.29, 0.717) is 17.5 Å². The molecule has 0 saturated carbocycles. The first-order valence-electron chi connectivity index (χ1n) is 8.12. The molecule has 8 nitrogen and oxygen atoms in total. The Balaban J connectivity index is 1.98. The predicted octanol–water partition coefficient (Wildman–Crippen LogP) is 3.08. The number of aromatic nitrogens is 4. The van der Waals surface area contributed by atoms with E-state index in [1.807, 2.05) is 45.3 Å². The number of hydrogen-bond acceptors (Lipinski definition) is 8. The number of hydrogen-bond donors (Lipinski definition) is 3. The van der Waals surface area contributed by atoms with Crippen LogP contribution in [0.5, 0.6) is 5.75 Å². The molecule has 3 N–H and O–H groups in total. The molecule has 1 aromatic carbocycles. The molecule has 0 saturated heterocycles. The Kier molecular flexibility index (Phi) is 5.12. The SMILES string of the molecule is CNc1cc(C)nc(Nc2ccc(OC)c(-c3nccc(NC)n3)c2)n1. The minimum atomic E-state index is 0.510. The monoisotopic (exact) mass is 351 g/mol. The molecule has 3 rings (SSSR count). The highest BCUT2D eigenvalue weighted by molar-refractivity contribution is 5.72. The number of anilines is 4. The molecule has 0 spiro atoms. The third-order valence-corrected chi connectivity index (χ3v) is 3.72. The Morgan fingerprint density at radius 1 is 0.923 bits per heavy atom. The van der Waals surface area contributed by atoms with Crippen LogP contribution in [-0.4, -0.2) is 41.1 Å². The van der Waals surface area contributed by atoms with Crippen LogP contribution in [-0.2, 0) is 0 Å². The lowest BCUT2D eigenvalue weighted by atomic mass is 10.1. The van der Waals surface area contributed by atoms with Crippen LogP contribution in [0.3, 0.4) is 0 Å². The molecule has 0 unspecified atom stereocenters. The van der Waals surface area contributed by atoms with Gasteiger partial charge >= 0.3 is 0 Å². The van der Waals surface area contributed by atoms with Crippen LogP contribution in [0.25, 0.3) is 11.4 Å². The molecule has 0 radical (unpaired) electrons. The molecule has 0 amide bonds. The van der Waals surface area contributed by atoms with Gasteiger partial charge < -0.3 is 20.7 Å². The van der Waals surface area contributed by atoms with E-state index in [2.05, 4.69) is 35.9 Å². The summed E-state index contributed by atoms with van der Waals surface area (Å²) in [6, 6.07) is 9.36. The fourth-order valence-electron chi connectivity index (χ4n) is 2.47. The topological polar surface area (TPSA) is 96.9 Å². The standard InChI is InChI=1S/C18H21N7O/c1-11-9-16(20-3)25-18(22-11)23-12-5-6-14(26-4)13(10-12)17-21-8-7-15(19-2)24-17/h5-10H,1-4H3,(H,19,21,24)(H2,20,22,23,25). The first-order chi connectivity index (χ1) is 12.6. The maximum Gasteiger partial charge on any atom is 0.229 e. The Hall–Kier alpha value is -3.42. The molecule has 8 heteroatoms. The van der Waals surface area contributed by atoms with E-state index in [4.69, 9.17) is 4.74 Å². The Morgan fingerprint density at radius 3 is 2.46 bits per heavy atom. The average Bonchev–Trinajstić information content (AvgIpc) is 2.67. The maximum atomic E-state index is 5.46. The van der Waals surface area contributed by atoms with Gasteiger partial charge in [0.05, 0.1) is 12.7 Å².